The molecule has 0 unspecified atom stereocenters. The average Bonchev–Trinajstić information content (AvgIpc) is 3.17. The molecule has 0 saturated heterocycles. The molecule has 4 nitrogen and oxygen atoms in total. The second-order valence-electron chi connectivity index (χ2n) is 6.68. The van der Waals surface area contributed by atoms with E-state index in [2.05, 4.69) is 10.2 Å². The van der Waals surface area contributed by atoms with Gasteiger partial charge in [-0.2, -0.15) is 0 Å². The smallest absolute Gasteiger partial charge is 0.196 e. The minimum Gasteiger partial charge on any atom is -0.293 e. The summed E-state index contributed by atoms with van der Waals surface area (Å²) in [7, 11) is 0. The zero-order valence-electron chi connectivity index (χ0n) is 16.0. The van der Waals surface area contributed by atoms with E-state index in [1.54, 1.807) is 22.8 Å². The van der Waals surface area contributed by atoms with E-state index in [0.717, 1.165) is 11.3 Å². The molecule has 0 saturated carbocycles. The number of carbonyl (C=O) groups is 1. The van der Waals surface area contributed by atoms with Gasteiger partial charge in [0, 0.05) is 11.3 Å². The van der Waals surface area contributed by atoms with Crippen molar-refractivity contribution in [2.75, 3.05) is 5.75 Å². The highest BCUT2D eigenvalue weighted by atomic mass is 32.2. The molecule has 4 rings (SSSR count). The van der Waals surface area contributed by atoms with Gasteiger partial charge in [0.2, 0.25) is 0 Å². The molecule has 150 valence electrons. The largest absolute Gasteiger partial charge is 0.293 e. The lowest BCUT2D eigenvalue weighted by Gasteiger charge is -2.11. The molecule has 0 aliphatic rings. The lowest BCUT2D eigenvalue weighted by Crippen LogP contribution is -2.05. The maximum Gasteiger partial charge on any atom is 0.196 e. The third-order valence-electron chi connectivity index (χ3n) is 4.54. The summed E-state index contributed by atoms with van der Waals surface area (Å²) >= 11 is 1.20. The predicted octanol–water partition coefficient (Wildman–Crippen LogP) is 5.50. The highest BCUT2D eigenvalue weighted by molar-refractivity contribution is 7.99. The Bertz CT molecular complexity index is 1190. The monoisotopic (exact) mass is 421 g/mol. The van der Waals surface area contributed by atoms with Crippen molar-refractivity contribution < 1.29 is 13.6 Å². The number of rotatable bonds is 6. The van der Waals surface area contributed by atoms with E-state index in [-0.39, 0.29) is 11.5 Å². The van der Waals surface area contributed by atoms with Crippen LogP contribution in [-0.4, -0.2) is 26.3 Å². The third-order valence-corrected chi connectivity index (χ3v) is 5.47. The van der Waals surface area contributed by atoms with Gasteiger partial charge < -0.3 is 0 Å². The van der Waals surface area contributed by atoms with Crippen LogP contribution >= 0.6 is 11.8 Å². The molecule has 0 N–H and O–H groups in total. The lowest BCUT2D eigenvalue weighted by atomic mass is 10.1. The van der Waals surface area contributed by atoms with Crippen LogP contribution in [0.1, 0.15) is 15.9 Å². The van der Waals surface area contributed by atoms with Gasteiger partial charge >= 0.3 is 0 Å². The summed E-state index contributed by atoms with van der Waals surface area (Å²) < 4.78 is 29.3. The summed E-state index contributed by atoms with van der Waals surface area (Å²) in [6.45, 7) is 1.98. The third kappa shape index (κ3) is 4.16. The van der Waals surface area contributed by atoms with Gasteiger partial charge in [0.25, 0.3) is 0 Å². The summed E-state index contributed by atoms with van der Waals surface area (Å²) in [5.74, 6) is -0.517. The fourth-order valence-corrected chi connectivity index (χ4v) is 3.80. The van der Waals surface area contributed by atoms with Gasteiger partial charge in [-0.15, -0.1) is 10.2 Å². The Labute approximate surface area is 176 Å². The van der Waals surface area contributed by atoms with E-state index in [0.29, 0.717) is 22.1 Å². The quantitative estimate of drug-likeness (QED) is 0.305. The van der Waals surface area contributed by atoms with E-state index < -0.39 is 11.6 Å². The van der Waals surface area contributed by atoms with Gasteiger partial charge in [0.05, 0.1) is 11.3 Å². The SMILES string of the molecule is Cc1ccc(-n2c(SCC(=O)c3ccc(F)cc3)nnc2-c2ccccc2F)cc1. The Hall–Kier alpha value is -3.32. The summed E-state index contributed by atoms with van der Waals surface area (Å²) in [6, 6.07) is 19.4. The Kier molecular flexibility index (Phi) is 5.72. The molecular formula is C23H17F2N3OS. The number of thioether (sulfide) groups is 1. The molecule has 30 heavy (non-hydrogen) atoms. The molecule has 0 radical (unpaired) electrons. The molecule has 4 aromatic rings. The zero-order valence-corrected chi connectivity index (χ0v) is 16.9. The first kappa shape index (κ1) is 20.0. The molecule has 0 bridgehead atoms. The molecule has 0 fully saturated rings. The van der Waals surface area contributed by atoms with Gasteiger partial charge in [-0.1, -0.05) is 41.6 Å². The van der Waals surface area contributed by atoms with Crippen LogP contribution in [-0.2, 0) is 0 Å². The Morgan fingerprint density at radius 2 is 1.63 bits per heavy atom. The molecular weight excluding hydrogens is 404 g/mol. The molecule has 0 amide bonds. The second kappa shape index (κ2) is 8.59. The van der Waals surface area contributed by atoms with Crippen LogP contribution < -0.4 is 0 Å². The Morgan fingerprint density at radius 3 is 2.33 bits per heavy atom. The number of nitrogens with zero attached hydrogens (tertiary/aromatic N) is 3. The van der Waals surface area contributed by atoms with Crippen molar-refractivity contribution >= 4 is 17.5 Å². The van der Waals surface area contributed by atoms with E-state index in [1.165, 1.54) is 42.1 Å². The minimum atomic E-state index is -0.405. The van der Waals surface area contributed by atoms with Crippen molar-refractivity contribution in [1.29, 1.82) is 0 Å². The second-order valence-corrected chi connectivity index (χ2v) is 7.62. The van der Waals surface area contributed by atoms with E-state index in [4.69, 9.17) is 0 Å². The van der Waals surface area contributed by atoms with Gasteiger partial charge in [-0.3, -0.25) is 9.36 Å². The van der Waals surface area contributed by atoms with Crippen LogP contribution in [0.15, 0.2) is 78.0 Å². The topological polar surface area (TPSA) is 47.8 Å². The molecule has 1 aromatic heterocycles. The molecule has 0 atom stereocenters. The number of hydrogen-bond donors (Lipinski definition) is 0. The Morgan fingerprint density at radius 1 is 0.933 bits per heavy atom. The molecule has 7 heteroatoms. The van der Waals surface area contributed by atoms with Crippen LogP contribution in [0.3, 0.4) is 0 Å². The summed E-state index contributed by atoms with van der Waals surface area (Å²) in [4.78, 5) is 12.5. The van der Waals surface area contributed by atoms with Crippen LogP contribution in [0.5, 0.6) is 0 Å². The number of Topliss-reactive ketones (excluding diaryl/α,β-unsaturated/α-hetero) is 1. The number of hydrogen-bond acceptors (Lipinski definition) is 4. The van der Waals surface area contributed by atoms with E-state index >= 15 is 0 Å². The van der Waals surface area contributed by atoms with Crippen molar-refractivity contribution in [2.24, 2.45) is 0 Å². The fraction of sp³-hybridized carbons (Fsp3) is 0.0870. The number of benzene rings is 3. The number of aromatic nitrogens is 3. The molecule has 1 heterocycles. The van der Waals surface area contributed by atoms with Crippen LogP contribution in [0.4, 0.5) is 8.78 Å². The van der Waals surface area contributed by atoms with Crippen LogP contribution in [0, 0.1) is 18.6 Å². The van der Waals surface area contributed by atoms with Gasteiger partial charge in [-0.25, -0.2) is 8.78 Å². The van der Waals surface area contributed by atoms with Crippen molar-refractivity contribution in [3.8, 4) is 17.1 Å². The molecule has 0 aliphatic carbocycles. The summed E-state index contributed by atoms with van der Waals surface area (Å²) in [5.41, 5.74) is 2.59. The normalized spacial score (nSPS) is 10.9. The number of ketones is 1. The van der Waals surface area contributed by atoms with Gasteiger partial charge in [-0.05, 0) is 55.5 Å². The standard InChI is InChI=1S/C23H17F2N3OS/c1-15-6-12-18(13-7-15)28-22(19-4-2-3-5-20(19)25)26-27-23(28)30-14-21(29)16-8-10-17(24)11-9-16/h2-13H,14H2,1H3. The summed E-state index contributed by atoms with van der Waals surface area (Å²) in [5, 5.41) is 8.87. The first-order valence-electron chi connectivity index (χ1n) is 9.22. The van der Waals surface area contributed by atoms with Gasteiger partial charge in [0.1, 0.15) is 11.6 Å². The number of aryl methyl sites for hydroxylation is 1. The molecule has 0 spiro atoms. The van der Waals surface area contributed by atoms with Gasteiger partial charge in [0.15, 0.2) is 16.8 Å². The van der Waals surface area contributed by atoms with E-state index in [9.17, 15) is 13.6 Å². The minimum absolute atomic E-state index is 0.0902. The first-order chi connectivity index (χ1) is 14.5. The van der Waals surface area contributed by atoms with Crippen LogP contribution in [0.25, 0.3) is 17.1 Å². The van der Waals surface area contributed by atoms with Crippen molar-refractivity contribution in [1.82, 2.24) is 14.8 Å². The van der Waals surface area contributed by atoms with E-state index in [1.807, 2.05) is 31.2 Å². The predicted molar refractivity (Wildman–Crippen MR) is 113 cm³/mol. The fourth-order valence-electron chi connectivity index (χ4n) is 2.96. The maximum absolute atomic E-state index is 14.4. The lowest BCUT2D eigenvalue weighted by molar-refractivity contribution is 0.102. The van der Waals surface area contributed by atoms with Crippen molar-refractivity contribution in [2.45, 2.75) is 12.1 Å². The molecule has 0 aliphatic heterocycles. The first-order valence-corrected chi connectivity index (χ1v) is 10.2. The molecule has 3 aromatic carbocycles. The summed E-state index contributed by atoms with van der Waals surface area (Å²) in [6.07, 6.45) is 0. The highest BCUT2D eigenvalue weighted by Crippen LogP contribution is 2.29. The zero-order chi connectivity index (χ0) is 21.1. The van der Waals surface area contributed by atoms with Crippen molar-refractivity contribution in [3.63, 3.8) is 0 Å². The van der Waals surface area contributed by atoms with Crippen LogP contribution in [0.2, 0.25) is 0 Å². The number of carbonyl (C=O) groups excluding carboxylic acids is 1. The highest BCUT2D eigenvalue weighted by Gasteiger charge is 2.19. The number of halogens is 2. The average molecular weight is 421 g/mol. The Balaban J connectivity index is 1.69. The van der Waals surface area contributed by atoms with Crippen molar-refractivity contribution in [3.05, 3.63) is 95.6 Å². The maximum atomic E-state index is 14.4.